The molecule has 0 fully saturated rings. The Morgan fingerprint density at radius 2 is 0.569 bits per heavy atom. The summed E-state index contributed by atoms with van der Waals surface area (Å²) in [6.07, 6.45) is 45.3. The normalized spacial score (nSPS) is 12.1. The number of unbranched alkanes of at least 4 members (excludes halogenated alkanes) is 31. The van der Waals surface area contributed by atoms with Gasteiger partial charge in [0, 0.05) is 19.3 Å². The van der Waals surface area contributed by atoms with Crippen LogP contribution >= 0.6 is 0 Å². The highest BCUT2D eigenvalue weighted by Crippen LogP contribution is 2.17. The van der Waals surface area contributed by atoms with Crippen molar-refractivity contribution in [1.29, 1.82) is 0 Å². The van der Waals surface area contributed by atoms with Crippen LogP contribution in [0.1, 0.15) is 285 Å². The van der Waals surface area contributed by atoms with Crippen molar-refractivity contribution >= 4 is 17.9 Å². The van der Waals surface area contributed by atoms with Crippen molar-refractivity contribution in [2.75, 3.05) is 13.2 Å². The molecular formula is C52H100O6. The molecule has 0 saturated carbocycles. The third-order valence-corrected chi connectivity index (χ3v) is 11.7. The highest BCUT2D eigenvalue weighted by atomic mass is 16.6. The molecule has 1 atom stereocenters. The molecule has 0 aromatic carbocycles. The zero-order chi connectivity index (χ0) is 42.6. The van der Waals surface area contributed by atoms with E-state index in [1.165, 1.54) is 173 Å². The Kier molecular flexibility index (Phi) is 43.7. The highest BCUT2D eigenvalue weighted by Gasteiger charge is 2.19. The van der Waals surface area contributed by atoms with Crippen molar-refractivity contribution in [2.24, 2.45) is 11.8 Å². The zero-order valence-corrected chi connectivity index (χ0v) is 39.7. The second-order valence-electron chi connectivity index (χ2n) is 18.8. The summed E-state index contributed by atoms with van der Waals surface area (Å²) in [6, 6.07) is 0. The molecule has 6 heteroatoms. The van der Waals surface area contributed by atoms with Gasteiger partial charge in [-0.05, 0) is 31.1 Å². The molecule has 0 aliphatic carbocycles. The Morgan fingerprint density at radius 3 is 0.845 bits per heavy atom. The van der Waals surface area contributed by atoms with Gasteiger partial charge in [-0.1, -0.05) is 247 Å². The summed E-state index contributed by atoms with van der Waals surface area (Å²) in [7, 11) is 0. The lowest BCUT2D eigenvalue weighted by Crippen LogP contribution is -2.30. The van der Waals surface area contributed by atoms with Crippen LogP contribution in [-0.4, -0.2) is 37.2 Å². The molecule has 0 amide bonds. The number of rotatable bonds is 46. The summed E-state index contributed by atoms with van der Waals surface area (Å²) >= 11 is 0. The Balaban J connectivity index is 4.16. The Labute approximate surface area is 361 Å². The molecule has 6 nitrogen and oxygen atoms in total. The molecule has 0 aromatic heterocycles. The smallest absolute Gasteiger partial charge is 0.306 e. The molecule has 0 aliphatic rings. The van der Waals surface area contributed by atoms with Crippen LogP contribution < -0.4 is 0 Å². The van der Waals surface area contributed by atoms with E-state index in [9.17, 15) is 14.4 Å². The predicted molar refractivity (Wildman–Crippen MR) is 247 cm³/mol. The minimum atomic E-state index is -0.760. The first-order valence-electron chi connectivity index (χ1n) is 25.7. The van der Waals surface area contributed by atoms with Gasteiger partial charge in [0.1, 0.15) is 13.2 Å². The summed E-state index contributed by atoms with van der Waals surface area (Å²) in [5.41, 5.74) is 0. The van der Waals surface area contributed by atoms with Gasteiger partial charge in [0.05, 0.1) is 0 Å². The first kappa shape index (κ1) is 56.4. The van der Waals surface area contributed by atoms with Gasteiger partial charge in [0.15, 0.2) is 6.10 Å². The van der Waals surface area contributed by atoms with Gasteiger partial charge < -0.3 is 14.2 Å². The lowest BCUT2D eigenvalue weighted by molar-refractivity contribution is -0.167. The van der Waals surface area contributed by atoms with E-state index in [0.29, 0.717) is 19.3 Å². The van der Waals surface area contributed by atoms with Crippen LogP contribution in [0, 0.1) is 11.8 Å². The molecule has 0 N–H and O–H groups in total. The van der Waals surface area contributed by atoms with Crippen LogP contribution in [0.3, 0.4) is 0 Å². The monoisotopic (exact) mass is 821 g/mol. The van der Waals surface area contributed by atoms with Crippen LogP contribution in [0.25, 0.3) is 0 Å². The maximum atomic E-state index is 12.7. The molecule has 0 spiro atoms. The van der Waals surface area contributed by atoms with E-state index in [1.54, 1.807) is 0 Å². The third-order valence-electron chi connectivity index (χ3n) is 11.7. The standard InChI is InChI=1S/C52H100O6/c1-6-7-8-9-25-34-39-44-52(55)58-49(46-57-51(54)43-38-33-29-24-20-16-12-14-18-22-27-31-36-41-48(4)5)45-56-50(53)42-37-32-28-23-19-15-11-10-13-17-21-26-30-35-40-47(2)3/h47-49H,6-46H2,1-5H3/t49-/m1/s1. The van der Waals surface area contributed by atoms with Crippen molar-refractivity contribution < 1.29 is 28.6 Å². The maximum absolute atomic E-state index is 12.7. The van der Waals surface area contributed by atoms with Crippen LogP contribution in [-0.2, 0) is 28.6 Å². The molecule has 0 saturated heterocycles. The molecule has 0 radical (unpaired) electrons. The van der Waals surface area contributed by atoms with Gasteiger partial charge in [-0.3, -0.25) is 14.4 Å². The van der Waals surface area contributed by atoms with Crippen LogP contribution in [0.4, 0.5) is 0 Å². The first-order valence-corrected chi connectivity index (χ1v) is 25.7. The van der Waals surface area contributed by atoms with E-state index in [0.717, 1.165) is 69.6 Å². The van der Waals surface area contributed by atoms with Gasteiger partial charge >= 0.3 is 17.9 Å². The van der Waals surface area contributed by atoms with E-state index in [2.05, 4.69) is 34.6 Å². The number of carbonyl (C=O) groups excluding carboxylic acids is 3. The van der Waals surface area contributed by atoms with Gasteiger partial charge in [0.2, 0.25) is 0 Å². The lowest BCUT2D eigenvalue weighted by Gasteiger charge is -2.18. The highest BCUT2D eigenvalue weighted by molar-refractivity contribution is 5.71. The predicted octanol–water partition coefficient (Wildman–Crippen LogP) is 16.5. The average Bonchev–Trinajstić information content (AvgIpc) is 3.19. The second-order valence-corrected chi connectivity index (χ2v) is 18.8. The summed E-state index contributed by atoms with van der Waals surface area (Å²) in [6.45, 7) is 11.3. The fraction of sp³-hybridized carbons (Fsp3) is 0.942. The molecule has 0 unspecified atom stereocenters. The topological polar surface area (TPSA) is 78.9 Å². The van der Waals surface area contributed by atoms with E-state index < -0.39 is 6.10 Å². The molecule has 0 aliphatic heterocycles. The van der Waals surface area contributed by atoms with Crippen molar-refractivity contribution in [3.8, 4) is 0 Å². The number of hydrogen-bond donors (Lipinski definition) is 0. The molecule has 0 rings (SSSR count). The summed E-state index contributed by atoms with van der Waals surface area (Å²) in [5.74, 6) is 0.830. The van der Waals surface area contributed by atoms with Crippen LogP contribution in [0.5, 0.6) is 0 Å². The lowest BCUT2D eigenvalue weighted by atomic mass is 10.0. The van der Waals surface area contributed by atoms with Gasteiger partial charge in [-0.15, -0.1) is 0 Å². The molecule has 344 valence electrons. The zero-order valence-electron chi connectivity index (χ0n) is 39.7. The van der Waals surface area contributed by atoms with Gasteiger partial charge in [-0.2, -0.15) is 0 Å². The molecular weight excluding hydrogens is 721 g/mol. The second kappa shape index (κ2) is 44.9. The van der Waals surface area contributed by atoms with E-state index in [1.807, 2.05) is 0 Å². The average molecular weight is 821 g/mol. The van der Waals surface area contributed by atoms with Crippen LogP contribution in [0.15, 0.2) is 0 Å². The van der Waals surface area contributed by atoms with Crippen molar-refractivity contribution in [1.82, 2.24) is 0 Å². The molecule has 0 aromatic rings. The fourth-order valence-corrected chi connectivity index (χ4v) is 7.81. The largest absolute Gasteiger partial charge is 0.462 e. The fourth-order valence-electron chi connectivity index (χ4n) is 7.81. The first-order chi connectivity index (χ1) is 28.2. The molecule has 58 heavy (non-hydrogen) atoms. The van der Waals surface area contributed by atoms with E-state index in [4.69, 9.17) is 14.2 Å². The van der Waals surface area contributed by atoms with Gasteiger partial charge in [0.25, 0.3) is 0 Å². The summed E-state index contributed by atoms with van der Waals surface area (Å²) in [5, 5.41) is 0. The maximum Gasteiger partial charge on any atom is 0.306 e. The van der Waals surface area contributed by atoms with Crippen molar-refractivity contribution in [3.05, 3.63) is 0 Å². The number of carbonyl (C=O) groups is 3. The summed E-state index contributed by atoms with van der Waals surface area (Å²) < 4.78 is 16.7. The Hall–Kier alpha value is -1.59. The van der Waals surface area contributed by atoms with E-state index >= 15 is 0 Å². The number of esters is 3. The quantitative estimate of drug-likeness (QED) is 0.0346. The Morgan fingerprint density at radius 1 is 0.328 bits per heavy atom. The van der Waals surface area contributed by atoms with Crippen molar-refractivity contribution in [3.63, 3.8) is 0 Å². The van der Waals surface area contributed by atoms with Crippen molar-refractivity contribution in [2.45, 2.75) is 291 Å². The molecule has 0 bridgehead atoms. The van der Waals surface area contributed by atoms with Gasteiger partial charge in [-0.25, -0.2) is 0 Å². The molecule has 0 heterocycles. The third kappa shape index (κ3) is 45.5. The summed E-state index contributed by atoms with van der Waals surface area (Å²) in [4.78, 5) is 37.8. The Bertz CT molecular complexity index is 885. The van der Waals surface area contributed by atoms with E-state index in [-0.39, 0.29) is 31.1 Å². The van der Waals surface area contributed by atoms with Crippen LogP contribution in [0.2, 0.25) is 0 Å². The number of hydrogen-bond acceptors (Lipinski definition) is 6. The minimum absolute atomic E-state index is 0.0642. The SMILES string of the molecule is CCCCCCCCCC(=O)O[C@H](COC(=O)CCCCCCCCCCCCCCCCC(C)C)COC(=O)CCCCCCCCCCCCCCCC(C)C. The number of ether oxygens (including phenoxy) is 3. The minimum Gasteiger partial charge on any atom is -0.462 e.